The molecule has 208 valence electrons. The van der Waals surface area contributed by atoms with Gasteiger partial charge in [0.2, 0.25) is 0 Å². The molecule has 1 aliphatic rings. The standard InChI is InChI=1S/C41H23N3S/c1-41(2)33-15-5-3-11-31(33)37-34(41)19-18-30-29-14-8-13-28(39(29)45-40(30)37)27-12-7-9-25(23-43)38(27)44-35-16-6-4-10-26(35)32-21-24(22-42)17-20-36(32)44/h3-4,6-14,16-21H,1-2H3. The molecule has 0 bridgehead atoms. The SMILES string of the molecule is CC1(C)c2c#cccc2-c2c1ccc1c2sc2c(-c3cccc(C#N)c3-n3c4ccccc4c4cc(C#N)ccc43)cccc21. The molecule has 45 heavy (non-hydrogen) atoms. The van der Waals surface area contributed by atoms with Crippen LogP contribution in [0.5, 0.6) is 0 Å². The fourth-order valence-corrected chi connectivity index (χ4v) is 8.85. The lowest BCUT2D eigenvalue weighted by molar-refractivity contribution is 0.661. The number of thiophene rings is 1. The summed E-state index contributed by atoms with van der Waals surface area (Å²) in [6.07, 6.45) is 0. The summed E-state index contributed by atoms with van der Waals surface area (Å²) in [5.41, 5.74) is 11.0. The van der Waals surface area contributed by atoms with Gasteiger partial charge in [-0.2, -0.15) is 10.5 Å². The molecular weight excluding hydrogens is 567 g/mol. The van der Waals surface area contributed by atoms with Crippen LogP contribution in [0.3, 0.4) is 0 Å². The van der Waals surface area contributed by atoms with E-state index in [9.17, 15) is 10.5 Å². The smallest absolute Gasteiger partial charge is 0.101 e. The zero-order chi connectivity index (χ0) is 30.4. The van der Waals surface area contributed by atoms with Gasteiger partial charge in [0.15, 0.2) is 0 Å². The minimum absolute atomic E-state index is 0.147. The Hall–Kier alpha value is -5.86. The molecule has 4 heteroatoms. The molecule has 1 aliphatic carbocycles. The van der Waals surface area contributed by atoms with Gasteiger partial charge in [-0.15, -0.1) is 11.3 Å². The fraction of sp³-hybridized carbons (Fsp3) is 0.0732. The van der Waals surface area contributed by atoms with Crippen molar-refractivity contribution in [3.63, 3.8) is 0 Å². The largest absolute Gasteiger partial charge is 0.307 e. The maximum absolute atomic E-state index is 10.5. The first-order chi connectivity index (χ1) is 22.0. The van der Waals surface area contributed by atoms with Crippen LogP contribution in [-0.2, 0) is 5.41 Å². The molecule has 0 aliphatic heterocycles. The molecule has 6 aromatic carbocycles. The Labute approximate surface area is 264 Å². The van der Waals surface area contributed by atoms with Gasteiger partial charge in [0.25, 0.3) is 0 Å². The van der Waals surface area contributed by atoms with Gasteiger partial charge in [0, 0.05) is 58.6 Å². The van der Waals surface area contributed by atoms with E-state index in [2.05, 4.69) is 97.3 Å². The van der Waals surface area contributed by atoms with E-state index in [1.54, 1.807) is 0 Å². The van der Waals surface area contributed by atoms with E-state index < -0.39 is 0 Å². The quantitative estimate of drug-likeness (QED) is 0.201. The van der Waals surface area contributed by atoms with Gasteiger partial charge in [-0.3, -0.25) is 0 Å². The maximum atomic E-state index is 10.5. The zero-order valence-electron chi connectivity index (χ0n) is 24.6. The third-order valence-electron chi connectivity index (χ3n) is 9.51. The molecule has 0 saturated carbocycles. The third-order valence-corrected chi connectivity index (χ3v) is 10.8. The van der Waals surface area contributed by atoms with E-state index in [1.807, 2.05) is 59.9 Å². The van der Waals surface area contributed by atoms with Gasteiger partial charge in [-0.1, -0.05) is 86.6 Å². The average molecular weight is 590 g/mol. The van der Waals surface area contributed by atoms with E-state index in [1.165, 1.54) is 42.4 Å². The Bertz CT molecular complexity index is 2650. The molecule has 3 nitrogen and oxygen atoms in total. The first-order valence-corrected chi connectivity index (χ1v) is 15.7. The van der Waals surface area contributed by atoms with E-state index >= 15 is 0 Å². The lowest BCUT2D eigenvalue weighted by atomic mass is 9.83. The molecule has 0 saturated heterocycles. The second kappa shape index (κ2) is 9.07. The van der Waals surface area contributed by atoms with Crippen LogP contribution < -0.4 is 0 Å². The van der Waals surface area contributed by atoms with Crippen LogP contribution >= 0.6 is 11.3 Å². The first kappa shape index (κ1) is 25.6. The van der Waals surface area contributed by atoms with Crippen molar-refractivity contribution >= 4 is 53.3 Å². The molecule has 2 heterocycles. The van der Waals surface area contributed by atoms with Crippen molar-refractivity contribution in [1.82, 2.24) is 4.57 Å². The normalized spacial score (nSPS) is 13.1. The summed E-state index contributed by atoms with van der Waals surface area (Å²) in [6.45, 7) is 4.55. The summed E-state index contributed by atoms with van der Waals surface area (Å²) < 4.78 is 4.68. The number of nitriles is 2. The van der Waals surface area contributed by atoms with Crippen LogP contribution in [0.1, 0.15) is 36.1 Å². The Morgan fingerprint density at radius 2 is 1.47 bits per heavy atom. The molecule has 2 aromatic heterocycles. The highest BCUT2D eigenvalue weighted by atomic mass is 32.1. The van der Waals surface area contributed by atoms with Crippen molar-refractivity contribution in [2.24, 2.45) is 0 Å². The molecule has 0 spiro atoms. The number of hydrogen-bond acceptors (Lipinski definition) is 3. The average Bonchev–Trinajstić information content (AvgIpc) is 3.70. The molecule has 9 rings (SSSR count). The third kappa shape index (κ3) is 3.34. The molecule has 0 unspecified atom stereocenters. The Kier molecular flexibility index (Phi) is 5.17. The minimum atomic E-state index is -0.147. The Balaban J connectivity index is 1.38. The number of para-hydroxylation sites is 2. The van der Waals surface area contributed by atoms with Crippen molar-refractivity contribution in [1.29, 1.82) is 10.5 Å². The number of rotatable bonds is 2. The number of hydrogen-bond donors (Lipinski definition) is 0. The highest BCUT2D eigenvalue weighted by molar-refractivity contribution is 7.27. The van der Waals surface area contributed by atoms with E-state index in [0.29, 0.717) is 11.1 Å². The lowest BCUT2D eigenvalue weighted by Gasteiger charge is -2.19. The number of fused-ring (bicyclic) bond motifs is 10. The van der Waals surface area contributed by atoms with Crippen LogP contribution in [-0.4, -0.2) is 4.57 Å². The fourth-order valence-electron chi connectivity index (χ4n) is 7.46. The van der Waals surface area contributed by atoms with Crippen LogP contribution in [0.15, 0.2) is 103 Å². The van der Waals surface area contributed by atoms with Crippen molar-refractivity contribution in [3.8, 4) is 40.1 Å². The van der Waals surface area contributed by atoms with Gasteiger partial charge in [0.1, 0.15) is 6.07 Å². The van der Waals surface area contributed by atoms with Crippen LogP contribution in [0.2, 0.25) is 0 Å². The summed E-state index contributed by atoms with van der Waals surface area (Å²) in [5, 5.41) is 24.6. The van der Waals surface area contributed by atoms with Gasteiger partial charge in [-0.05, 0) is 53.6 Å². The summed E-state index contributed by atoms with van der Waals surface area (Å²) >= 11 is 1.83. The second-order valence-corrected chi connectivity index (χ2v) is 13.2. The monoisotopic (exact) mass is 589 g/mol. The summed E-state index contributed by atoms with van der Waals surface area (Å²) in [7, 11) is 0. The van der Waals surface area contributed by atoms with E-state index in [-0.39, 0.29) is 5.41 Å². The Morgan fingerprint density at radius 3 is 2.33 bits per heavy atom. The highest BCUT2D eigenvalue weighted by Gasteiger charge is 2.37. The molecular formula is C41H23N3S. The minimum Gasteiger partial charge on any atom is -0.307 e. The molecule has 8 aromatic rings. The number of nitrogens with zero attached hydrogens (tertiary/aromatic N) is 3. The topological polar surface area (TPSA) is 52.5 Å². The first-order valence-electron chi connectivity index (χ1n) is 14.9. The van der Waals surface area contributed by atoms with Crippen LogP contribution in [0.25, 0.3) is 69.9 Å². The number of benzene rings is 5. The molecule has 0 fully saturated rings. The van der Waals surface area contributed by atoms with Gasteiger partial charge in [-0.25, -0.2) is 0 Å². The maximum Gasteiger partial charge on any atom is 0.101 e. The van der Waals surface area contributed by atoms with Gasteiger partial charge >= 0.3 is 0 Å². The number of aromatic nitrogens is 1. The summed E-state index contributed by atoms with van der Waals surface area (Å²) in [6, 6.07) is 46.7. The van der Waals surface area contributed by atoms with Gasteiger partial charge in [0.05, 0.1) is 33.9 Å². The molecule has 0 radical (unpaired) electrons. The highest BCUT2D eigenvalue weighted by Crippen LogP contribution is 2.54. The van der Waals surface area contributed by atoms with Crippen LogP contribution in [0.4, 0.5) is 0 Å². The lowest BCUT2D eigenvalue weighted by Crippen LogP contribution is -2.14. The van der Waals surface area contributed by atoms with Crippen molar-refractivity contribution in [3.05, 3.63) is 138 Å². The van der Waals surface area contributed by atoms with Crippen molar-refractivity contribution < 1.29 is 0 Å². The molecule has 0 atom stereocenters. The van der Waals surface area contributed by atoms with Crippen LogP contribution in [0, 0.1) is 34.8 Å². The zero-order valence-corrected chi connectivity index (χ0v) is 25.4. The summed E-state index contributed by atoms with van der Waals surface area (Å²) in [4.78, 5) is 0. The van der Waals surface area contributed by atoms with Crippen molar-refractivity contribution in [2.75, 3.05) is 0 Å². The molecule has 0 amide bonds. The van der Waals surface area contributed by atoms with Gasteiger partial charge < -0.3 is 4.57 Å². The van der Waals surface area contributed by atoms with E-state index in [0.717, 1.165) is 38.6 Å². The second-order valence-electron chi connectivity index (χ2n) is 12.2. The Morgan fingerprint density at radius 1 is 0.689 bits per heavy atom. The van der Waals surface area contributed by atoms with E-state index in [4.69, 9.17) is 0 Å². The predicted molar refractivity (Wildman–Crippen MR) is 184 cm³/mol. The molecule has 0 N–H and O–H groups in total. The summed E-state index contributed by atoms with van der Waals surface area (Å²) in [5.74, 6) is 0. The predicted octanol–water partition coefficient (Wildman–Crippen LogP) is 10.5. The van der Waals surface area contributed by atoms with Crippen molar-refractivity contribution in [2.45, 2.75) is 19.3 Å².